The van der Waals surface area contributed by atoms with E-state index in [2.05, 4.69) is 0 Å². The molecule has 1 aromatic rings. The number of nitro benzene ring substituents is 1. The van der Waals surface area contributed by atoms with Gasteiger partial charge in [0.15, 0.2) is 0 Å². The topological polar surface area (TPSA) is 43.1 Å². The molecule has 0 spiro atoms. The van der Waals surface area contributed by atoms with E-state index < -0.39 is 28.4 Å². The van der Waals surface area contributed by atoms with Crippen molar-refractivity contribution in [3.05, 3.63) is 39.2 Å². The SMILES string of the molecule is Cc1c(F)ccc(C(F)F)c1[N+](=O)[O-]. The maximum absolute atomic E-state index is 12.8. The van der Waals surface area contributed by atoms with Gasteiger partial charge in [-0.3, -0.25) is 10.1 Å². The lowest BCUT2D eigenvalue weighted by Crippen LogP contribution is -2.00. The summed E-state index contributed by atoms with van der Waals surface area (Å²) < 4.78 is 37.4. The largest absolute Gasteiger partial charge is 0.284 e. The monoisotopic (exact) mass is 205 g/mol. The van der Waals surface area contributed by atoms with Gasteiger partial charge in [0.2, 0.25) is 0 Å². The molecule has 3 nitrogen and oxygen atoms in total. The summed E-state index contributed by atoms with van der Waals surface area (Å²) in [6, 6.07) is 1.52. The van der Waals surface area contributed by atoms with Crippen molar-refractivity contribution in [3.63, 3.8) is 0 Å². The first-order valence-corrected chi connectivity index (χ1v) is 3.66. The summed E-state index contributed by atoms with van der Waals surface area (Å²) in [4.78, 5) is 9.40. The van der Waals surface area contributed by atoms with E-state index in [0.29, 0.717) is 0 Å². The second-order valence-electron chi connectivity index (χ2n) is 2.67. The van der Waals surface area contributed by atoms with Crippen LogP contribution in [0.15, 0.2) is 12.1 Å². The lowest BCUT2D eigenvalue weighted by atomic mass is 10.1. The van der Waals surface area contributed by atoms with Crippen LogP contribution in [-0.2, 0) is 0 Å². The number of hydrogen-bond donors (Lipinski definition) is 0. The molecule has 6 heteroatoms. The molecule has 0 heterocycles. The van der Waals surface area contributed by atoms with E-state index in [1.807, 2.05) is 0 Å². The molecule has 0 unspecified atom stereocenters. The van der Waals surface area contributed by atoms with Crippen LogP contribution in [0, 0.1) is 22.9 Å². The average Bonchev–Trinajstić information content (AvgIpc) is 2.08. The highest BCUT2D eigenvalue weighted by atomic mass is 19.3. The van der Waals surface area contributed by atoms with E-state index in [1.54, 1.807) is 0 Å². The number of alkyl halides is 2. The first kappa shape index (κ1) is 10.5. The van der Waals surface area contributed by atoms with Crippen molar-refractivity contribution < 1.29 is 18.1 Å². The molecule has 0 atom stereocenters. The number of benzene rings is 1. The molecule has 1 rings (SSSR count). The Morgan fingerprint density at radius 3 is 2.43 bits per heavy atom. The Kier molecular flexibility index (Phi) is 2.73. The Balaban J connectivity index is 3.45. The first-order valence-electron chi connectivity index (χ1n) is 3.66. The normalized spacial score (nSPS) is 10.6. The molecule has 0 fully saturated rings. The molecular weight excluding hydrogens is 199 g/mol. The zero-order valence-electron chi connectivity index (χ0n) is 7.13. The molecule has 0 aliphatic carbocycles. The molecule has 0 aliphatic rings. The maximum Gasteiger partial charge on any atom is 0.284 e. The molecular formula is C8H6F3NO2. The minimum Gasteiger partial charge on any atom is -0.258 e. The number of rotatable bonds is 2. The Morgan fingerprint density at radius 1 is 1.43 bits per heavy atom. The van der Waals surface area contributed by atoms with E-state index >= 15 is 0 Å². The minimum atomic E-state index is -2.98. The fourth-order valence-corrected chi connectivity index (χ4v) is 1.11. The van der Waals surface area contributed by atoms with Gasteiger partial charge in [-0.25, -0.2) is 13.2 Å². The third-order valence-electron chi connectivity index (χ3n) is 1.81. The molecule has 0 saturated heterocycles. The van der Waals surface area contributed by atoms with E-state index in [0.717, 1.165) is 19.1 Å². The van der Waals surface area contributed by atoms with Gasteiger partial charge in [0.1, 0.15) is 5.82 Å². The summed E-state index contributed by atoms with van der Waals surface area (Å²) in [7, 11) is 0. The zero-order valence-corrected chi connectivity index (χ0v) is 7.13. The van der Waals surface area contributed by atoms with Crippen LogP contribution in [-0.4, -0.2) is 4.92 Å². The third kappa shape index (κ3) is 1.68. The summed E-state index contributed by atoms with van der Waals surface area (Å²) in [6.45, 7) is 1.10. The number of nitrogens with zero attached hydrogens (tertiary/aromatic N) is 1. The van der Waals surface area contributed by atoms with Gasteiger partial charge in [0, 0.05) is 0 Å². The zero-order chi connectivity index (χ0) is 10.9. The number of halogens is 3. The predicted molar refractivity (Wildman–Crippen MR) is 42.7 cm³/mol. The van der Waals surface area contributed by atoms with Crippen molar-refractivity contribution in [1.29, 1.82) is 0 Å². The first-order chi connectivity index (χ1) is 6.45. The Morgan fingerprint density at radius 2 is 2.00 bits per heavy atom. The van der Waals surface area contributed by atoms with Gasteiger partial charge in [0.25, 0.3) is 12.1 Å². The fraction of sp³-hybridized carbons (Fsp3) is 0.250. The number of hydrogen-bond acceptors (Lipinski definition) is 2. The van der Waals surface area contributed by atoms with Crippen molar-refractivity contribution in [2.24, 2.45) is 0 Å². The second-order valence-corrected chi connectivity index (χ2v) is 2.67. The van der Waals surface area contributed by atoms with Crippen molar-refractivity contribution in [3.8, 4) is 0 Å². The smallest absolute Gasteiger partial charge is 0.258 e. The van der Waals surface area contributed by atoms with E-state index in [4.69, 9.17) is 0 Å². The third-order valence-corrected chi connectivity index (χ3v) is 1.81. The van der Waals surface area contributed by atoms with Crippen LogP contribution in [0.4, 0.5) is 18.9 Å². The Bertz CT molecular complexity index is 379. The fourth-order valence-electron chi connectivity index (χ4n) is 1.11. The lowest BCUT2D eigenvalue weighted by molar-refractivity contribution is -0.387. The average molecular weight is 205 g/mol. The predicted octanol–water partition coefficient (Wildman–Crippen LogP) is 2.98. The molecule has 14 heavy (non-hydrogen) atoms. The van der Waals surface area contributed by atoms with Gasteiger partial charge in [-0.1, -0.05) is 0 Å². The molecule has 0 aliphatic heterocycles. The van der Waals surface area contributed by atoms with Gasteiger partial charge >= 0.3 is 0 Å². The van der Waals surface area contributed by atoms with E-state index in [1.165, 1.54) is 0 Å². The summed E-state index contributed by atoms with van der Waals surface area (Å²) in [6.07, 6.45) is -2.98. The summed E-state index contributed by atoms with van der Waals surface area (Å²) in [5.41, 5.74) is -1.97. The molecule has 0 radical (unpaired) electrons. The van der Waals surface area contributed by atoms with Crippen molar-refractivity contribution in [2.45, 2.75) is 13.3 Å². The van der Waals surface area contributed by atoms with Crippen LogP contribution >= 0.6 is 0 Å². The summed E-state index contributed by atoms with van der Waals surface area (Å²) >= 11 is 0. The minimum absolute atomic E-state index is 0.368. The highest BCUT2D eigenvalue weighted by Crippen LogP contribution is 2.32. The lowest BCUT2D eigenvalue weighted by Gasteiger charge is -2.04. The second kappa shape index (κ2) is 3.65. The van der Waals surface area contributed by atoms with Crippen LogP contribution in [0.3, 0.4) is 0 Å². The summed E-state index contributed by atoms with van der Waals surface area (Å²) in [5, 5.41) is 10.4. The molecule has 0 bridgehead atoms. The Labute approximate surface area is 77.3 Å². The summed E-state index contributed by atoms with van der Waals surface area (Å²) in [5.74, 6) is -0.860. The molecule has 0 aromatic heterocycles. The van der Waals surface area contributed by atoms with Gasteiger partial charge < -0.3 is 0 Å². The van der Waals surface area contributed by atoms with Gasteiger partial charge in [-0.05, 0) is 19.1 Å². The van der Waals surface area contributed by atoms with Crippen molar-refractivity contribution in [1.82, 2.24) is 0 Å². The molecule has 1 aromatic carbocycles. The van der Waals surface area contributed by atoms with Crippen molar-refractivity contribution in [2.75, 3.05) is 0 Å². The van der Waals surface area contributed by atoms with Crippen LogP contribution in [0.5, 0.6) is 0 Å². The van der Waals surface area contributed by atoms with Crippen LogP contribution in [0.1, 0.15) is 17.6 Å². The standard InChI is InChI=1S/C8H6F3NO2/c1-4-6(9)3-2-5(8(10)11)7(4)12(13)14/h2-3,8H,1H3. The molecule has 0 saturated carbocycles. The van der Waals surface area contributed by atoms with Gasteiger partial charge in [-0.15, -0.1) is 0 Å². The van der Waals surface area contributed by atoms with Crippen molar-refractivity contribution >= 4 is 5.69 Å². The number of nitro groups is 1. The van der Waals surface area contributed by atoms with E-state index in [-0.39, 0.29) is 5.56 Å². The molecule has 0 amide bonds. The quantitative estimate of drug-likeness (QED) is 0.550. The van der Waals surface area contributed by atoms with Crippen LogP contribution in [0.25, 0.3) is 0 Å². The highest BCUT2D eigenvalue weighted by molar-refractivity contribution is 5.48. The highest BCUT2D eigenvalue weighted by Gasteiger charge is 2.25. The van der Waals surface area contributed by atoms with Crippen LogP contribution in [0.2, 0.25) is 0 Å². The van der Waals surface area contributed by atoms with Gasteiger partial charge in [-0.2, -0.15) is 0 Å². The van der Waals surface area contributed by atoms with Crippen LogP contribution < -0.4 is 0 Å². The Hall–Kier alpha value is -1.59. The maximum atomic E-state index is 12.8. The molecule has 0 N–H and O–H groups in total. The van der Waals surface area contributed by atoms with E-state index in [9.17, 15) is 23.3 Å². The van der Waals surface area contributed by atoms with Gasteiger partial charge in [0.05, 0.1) is 16.1 Å². The molecule has 76 valence electrons.